The van der Waals surface area contributed by atoms with Gasteiger partial charge in [0.1, 0.15) is 12.1 Å². The van der Waals surface area contributed by atoms with Crippen LogP contribution in [0.4, 0.5) is 4.79 Å². The second kappa shape index (κ2) is 7.21. The zero-order valence-corrected chi connectivity index (χ0v) is 14.8. The third-order valence-electron chi connectivity index (χ3n) is 3.84. The predicted octanol–water partition coefficient (Wildman–Crippen LogP) is 2.31. The number of carbonyl (C=O) groups excluding carboxylic acids is 3. The molecule has 24 heavy (non-hydrogen) atoms. The van der Waals surface area contributed by atoms with Gasteiger partial charge in [0.05, 0.1) is 0 Å². The monoisotopic (exact) mass is 351 g/mol. The van der Waals surface area contributed by atoms with Crippen LogP contribution >= 0.6 is 11.6 Å². The highest BCUT2D eigenvalue weighted by Gasteiger charge is 2.48. The number of urea groups is 1. The lowest BCUT2D eigenvalue weighted by Crippen LogP contribution is -2.46. The zero-order valence-electron chi connectivity index (χ0n) is 14.1. The van der Waals surface area contributed by atoms with Crippen molar-refractivity contribution in [3.8, 4) is 0 Å². The van der Waals surface area contributed by atoms with Gasteiger partial charge in [-0.3, -0.25) is 14.5 Å². The minimum atomic E-state index is -0.946. The van der Waals surface area contributed by atoms with Gasteiger partial charge in [-0.05, 0) is 37.0 Å². The number of benzene rings is 1. The van der Waals surface area contributed by atoms with Gasteiger partial charge in [0.2, 0.25) is 5.91 Å². The lowest BCUT2D eigenvalue weighted by Gasteiger charge is -2.23. The molecule has 6 nitrogen and oxygen atoms in total. The van der Waals surface area contributed by atoms with Gasteiger partial charge in [0.25, 0.3) is 5.91 Å². The molecule has 1 aromatic carbocycles. The quantitative estimate of drug-likeness (QED) is 0.772. The van der Waals surface area contributed by atoms with Crippen LogP contribution in [0.1, 0.15) is 32.8 Å². The van der Waals surface area contributed by atoms with E-state index in [9.17, 15) is 14.4 Å². The van der Waals surface area contributed by atoms with E-state index < -0.39 is 17.5 Å². The number of imide groups is 1. The normalized spacial score (nSPS) is 20.5. The highest BCUT2D eigenvalue weighted by molar-refractivity contribution is 6.30. The minimum Gasteiger partial charge on any atom is -0.350 e. The fourth-order valence-electron chi connectivity index (χ4n) is 2.89. The Labute approximate surface area is 146 Å². The summed E-state index contributed by atoms with van der Waals surface area (Å²) in [6, 6.07) is 6.59. The molecule has 0 bridgehead atoms. The molecule has 130 valence electrons. The van der Waals surface area contributed by atoms with E-state index in [-0.39, 0.29) is 24.9 Å². The molecule has 0 spiro atoms. The minimum absolute atomic E-state index is 0.246. The summed E-state index contributed by atoms with van der Waals surface area (Å²) in [5.74, 6) is -0.512. The Morgan fingerprint density at radius 3 is 2.71 bits per heavy atom. The van der Waals surface area contributed by atoms with Crippen molar-refractivity contribution in [1.29, 1.82) is 0 Å². The highest BCUT2D eigenvalue weighted by Crippen LogP contribution is 2.24. The van der Waals surface area contributed by atoms with Crippen LogP contribution in [0.3, 0.4) is 0 Å². The van der Waals surface area contributed by atoms with Crippen LogP contribution in [0.2, 0.25) is 5.02 Å². The Morgan fingerprint density at radius 2 is 2.08 bits per heavy atom. The van der Waals surface area contributed by atoms with E-state index in [0.29, 0.717) is 11.4 Å². The SMILES string of the molecule is CC(C)CC1(C)NC(=O)N(CC(=O)NCc2cccc(Cl)c2)C1=O. The maximum atomic E-state index is 12.5. The topological polar surface area (TPSA) is 78.5 Å². The first-order valence-electron chi connectivity index (χ1n) is 7.86. The highest BCUT2D eigenvalue weighted by atomic mass is 35.5. The molecule has 7 heteroatoms. The third kappa shape index (κ3) is 4.26. The summed E-state index contributed by atoms with van der Waals surface area (Å²) in [6.07, 6.45) is 0.526. The molecule has 1 unspecified atom stereocenters. The van der Waals surface area contributed by atoms with Gasteiger partial charge >= 0.3 is 6.03 Å². The summed E-state index contributed by atoms with van der Waals surface area (Å²) in [4.78, 5) is 37.5. The van der Waals surface area contributed by atoms with E-state index in [1.165, 1.54) is 0 Å². The molecule has 0 aromatic heterocycles. The Hall–Kier alpha value is -2.08. The molecule has 0 saturated carbocycles. The Bertz CT molecular complexity index is 662. The fourth-order valence-corrected chi connectivity index (χ4v) is 3.11. The third-order valence-corrected chi connectivity index (χ3v) is 4.08. The molecule has 0 aliphatic carbocycles. The molecule has 2 rings (SSSR count). The Balaban J connectivity index is 1.94. The van der Waals surface area contributed by atoms with Gasteiger partial charge in [-0.15, -0.1) is 0 Å². The van der Waals surface area contributed by atoms with E-state index in [4.69, 9.17) is 11.6 Å². The van der Waals surface area contributed by atoms with E-state index in [2.05, 4.69) is 10.6 Å². The molecule has 1 fully saturated rings. The summed E-state index contributed by atoms with van der Waals surface area (Å²) >= 11 is 5.89. The predicted molar refractivity (Wildman–Crippen MR) is 91.4 cm³/mol. The average molecular weight is 352 g/mol. The largest absolute Gasteiger partial charge is 0.350 e. The van der Waals surface area contributed by atoms with Crippen LogP contribution < -0.4 is 10.6 Å². The second-order valence-corrected chi connectivity index (χ2v) is 7.09. The number of nitrogens with zero attached hydrogens (tertiary/aromatic N) is 1. The van der Waals surface area contributed by atoms with Gasteiger partial charge in [-0.2, -0.15) is 0 Å². The number of rotatable bonds is 6. The first-order chi connectivity index (χ1) is 11.2. The van der Waals surface area contributed by atoms with Crippen molar-refractivity contribution >= 4 is 29.4 Å². The molecular weight excluding hydrogens is 330 g/mol. The summed E-state index contributed by atoms with van der Waals surface area (Å²) in [6.45, 7) is 5.64. The molecule has 1 aliphatic heterocycles. The second-order valence-electron chi connectivity index (χ2n) is 6.66. The molecule has 4 amide bonds. The maximum Gasteiger partial charge on any atom is 0.325 e. The van der Waals surface area contributed by atoms with Crippen molar-refractivity contribution in [3.63, 3.8) is 0 Å². The maximum absolute atomic E-state index is 12.5. The summed E-state index contributed by atoms with van der Waals surface area (Å²) in [5.41, 5.74) is -0.101. The lowest BCUT2D eigenvalue weighted by atomic mass is 9.91. The van der Waals surface area contributed by atoms with Gasteiger partial charge in [0, 0.05) is 11.6 Å². The molecule has 0 radical (unpaired) electrons. The molecule has 1 aliphatic rings. The van der Waals surface area contributed by atoms with E-state index in [1.807, 2.05) is 19.9 Å². The van der Waals surface area contributed by atoms with Crippen molar-refractivity contribution in [2.24, 2.45) is 5.92 Å². The van der Waals surface area contributed by atoms with Crippen LogP contribution in [0.25, 0.3) is 0 Å². The van der Waals surface area contributed by atoms with Crippen LogP contribution in [0, 0.1) is 5.92 Å². The van der Waals surface area contributed by atoms with Crippen molar-refractivity contribution in [2.45, 2.75) is 39.3 Å². The van der Waals surface area contributed by atoms with Crippen molar-refractivity contribution in [2.75, 3.05) is 6.54 Å². The number of hydrogen-bond acceptors (Lipinski definition) is 3. The smallest absolute Gasteiger partial charge is 0.325 e. The van der Waals surface area contributed by atoms with Crippen molar-refractivity contribution in [3.05, 3.63) is 34.9 Å². The number of amides is 4. The molecule has 1 saturated heterocycles. The Kier molecular flexibility index (Phi) is 5.49. The first kappa shape index (κ1) is 18.3. The molecular formula is C17H22ClN3O3. The Morgan fingerprint density at radius 1 is 1.38 bits per heavy atom. The van der Waals surface area contributed by atoms with Crippen molar-refractivity contribution < 1.29 is 14.4 Å². The summed E-state index contributed by atoms with van der Waals surface area (Å²) < 4.78 is 0. The van der Waals surface area contributed by atoms with Crippen LogP contribution in [0.5, 0.6) is 0 Å². The summed E-state index contributed by atoms with van der Waals surface area (Å²) in [5, 5.41) is 5.96. The number of hydrogen-bond donors (Lipinski definition) is 2. The average Bonchev–Trinajstić information content (AvgIpc) is 2.68. The van der Waals surface area contributed by atoms with Crippen molar-refractivity contribution in [1.82, 2.24) is 15.5 Å². The number of carbonyl (C=O) groups is 3. The fraction of sp³-hybridized carbons (Fsp3) is 0.471. The van der Waals surface area contributed by atoms with Gasteiger partial charge in [-0.1, -0.05) is 37.6 Å². The molecule has 2 N–H and O–H groups in total. The van der Waals surface area contributed by atoms with E-state index >= 15 is 0 Å². The molecule has 1 atom stereocenters. The zero-order chi connectivity index (χ0) is 17.9. The van der Waals surface area contributed by atoms with Crippen LogP contribution in [-0.2, 0) is 16.1 Å². The standard InChI is InChI=1S/C17H22ClN3O3/c1-11(2)8-17(3)15(23)21(16(24)20-17)10-14(22)19-9-12-5-4-6-13(18)7-12/h4-7,11H,8-10H2,1-3H3,(H,19,22)(H,20,24). The van der Waals surface area contributed by atoms with Crippen LogP contribution in [-0.4, -0.2) is 34.8 Å². The van der Waals surface area contributed by atoms with E-state index in [0.717, 1.165) is 10.5 Å². The van der Waals surface area contributed by atoms with Gasteiger partial charge in [0.15, 0.2) is 0 Å². The number of halogens is 1. The van der Waals surface area contributed by atoms with Gasteiger partial charge < -0.3 is 10.6 Å². The van der Waals surface area contributed by atoms with Crippen LogP contribution in [0.15, 0.2) is 24.3 Å². The van der Waals surface area contributed by atoms with Gasteiger partial charge in [-0.25, -0.2) is 4.79 Å². The molecule has 1 aromatic rings. The number of nitrogens with one attached hydrogen (secondary N) is 2. The summed E-state index contributed by atoms with van der Waals surface area (Å²) in [7, 11) is 0. The lowest BCUT2D eigenvalue weighted by molar-refractivity contribution is -0.135. The first-order valence-corrected chi connectivity index (χ1v) is 8.24. The molecule has 1 heterocycles. The van der Waals surface area contributed by atoms with E-state index in [1.54, 1.807) is 25.1 Å².